The summed E-state index contributed by atoms with van der Waals surface area (Å²) in [6, 6.07) is 5.08. The number of ketones is 1. The van der Waals surface area contributed by atoms with Crippen LogP contribution in [0.3, 0.4) is 0 Å². The van der Waals surface area contributed by atoms with Crippen LogP contribution in [0.25, 0.3) is 10.9 Å². The van der Waals surface area contributed by atoms with Crippen molar-refractivity contribution >= 4 is 34.6 Å². The molecule has 1 aliphatic heterocycles. The lowest BCUT2D eigenvalue weighted by Gasteiger charge is -2.22. The van der Waals surface area contributed by atoms with Gasteiger partial charge >= 0.3 is 12.0 Å². The Kier molecular flexibility index (Phi) is 5.72. The molecule has 154 valence electrons. The van der Waals surface area contributed by atoms with Gasteiger partial charge in [-0.2, -0.15) is 0 Å². The van der Waals surface area contributed by atoms with Gasteiger partial charge in [0.15, 0.2) is 6.61 Å². The van der Waals surface area contributed by atoms with E-state index < -0.39 is 36.6 Å². The fraction of sp³-hybridized carbons (Fsp3) is 0.429. The Bertz CT molecular complexity index is 974. The van der Waals surface area contributed by atoms with E-state index >= 15 is 0 Å². The number of imide groups is 1. The summed E-state index contributed by atoms with van der Waals surface area (Å²) in [7, 11) is 0. The van der Waals surface area contributed by atoms with Crippen LogP contribution in [0.1, 0.15) is 49.5 Å². The lowest BCUT2D eigenvalue weighted by Crippen LogP contribution is -2.46. The number of aryl methyl sites for hydroxylation is 1. The molecule has 1 aliphatic rings. The molecule has 0 saturated carbocycles. The van der Waals surface area contributed by atoms with Gasteiger partial charge in [-0.1, -0.05) is 39.0 Å². The number of H-pyrrole nitrogens is 1. The maximum atomic E-state index is 12.5. The van der Waals surface area contributed by atoms with Crippen LogP contribution in [0.15, 0.2) is 24.4 Å². The first-order valence-electron chi connectivity index (χ1n) is 9.78. The van der Waals surface area contributed by atoms with Crippen LogP contribution in [0, 0.1) is 0 Å². The minimum Gasteiger partial charge on any atom is -0.456 e. The lowest BCUT2D eigenvalue weighted by molar-refractivity contribution is -0.146. The van der Waals surface area contributed by atoms with E-state index in [0.29, 0.717) is 18.4 Å². The van der Waals surface area contributed by atoms with Crippen molar-refractivity contribution in [3.8, 4) is 0 Å². The molecule has 0 atom stereocenters. The first kappa shape index (κ1) is 20.6. The van der Waals surface area contributed by atoms with E-state index in [9.17, 15) is 19.2 Å². The Balaban J connectivity index is 1.64. The zero-order valence-electron chi connectivity index (χ0n) is 16.8. The highest BCUT2D eigenvalue weighted by molar-refractivity contribution is 6.10. The number of nitrogens with zero attached hydrogens (tertiary/aromatic N) is 1. The van der Waals surface area contributed by atoms with E-state index in [1.165, 1.54) is 0 Å². The van der Waals surface area contributed by atoms with Gasteiger partial charge in [-0.3, -0.25) is 19.3 Å². The molecule has 1 aromatic heterocycles. The van der Waals surface area contributed by atoms with E-state index in [1.54, 1.807) is 20.0 Å². The highest BCUT2D eigenvalue weighted by Crippen LogP contribution is 2.25. The Morgan fingerprint density at radius 1 is 1.14 bits per heavy atom. The number of aromatic nitrogens is 1. The molecular formula is C21H25N3O5. The number of nitrogens with one attached hydrogen (secondary N) is 2. The molecule has 8 nitrogen and oxygen atoms in total. The molecule has 2 N–H and O–H groups in total. The molecule has 2 aromatic rings. The van der Waals surface area contributed by atoms with Crippen molar-refractivity contribution in [2.75, 3.05) is 13.2 Å². The second-order valence-corrected chi connectivity index (χ2v) is 7.09. The molecule has 0 unspecified atom stereocenters. The molecule has 3 amide bonds. The van der Waals surface area contributed by atoms with Gasteiger partial charge in [-0.05, 0) is 24.8 Å². The molecule has 0 aliphatic carbocycles. The van der Waals surface area contributed by atoms with Crippen LogP contribution < -0.4 is 5.32 Å². The molecule has 1 fully saturated rings. The SMILES string of the molecule is CCc1cccc2c(C(=O)COC(=O)CN3C(=O)NC(CC)(CC)C3=O)c[nH]c12. The summed E-state index contributed by atoms with van der Waals surface area (Å²) in [4.78, 5) is 53.3. The normalized spacial score (nSPS) is 15.6. The summed E-state index contributed by atoms with van der Waals surface area (Å²) in [5.41, 5.74) is 1.44. The zero-order valence-corrected chi connectivity index (χ0v) is 16.8. The molecule has 29 heavy (non-hydrogen) atoms. The summed E-state index contributed by atoms with van der Waals surface area (Å²) in [5, 5.41) is 3.42. The Morgan fingerprint density at radius 2 is 1.86 bits per heavy atom. The summed E-state index contributed by atoms with van der Waals surface area (Å²) < 4.78 is 5.05. The molecule has 8 heteroatoms. The van der Waals surface area contributed by atoms with Crippen molar-refractivity contribution in [1.82, 2.24) is 15.2 Å². The van der Waals surface area contributed by atoms with Crippen LogP contribution in [0.5, 0.6) is 0 Å². The fourth-order valence-electron chi connectivity index (χ4n) is 3.69. The number of aromatic amines is 1. The molecule has 0 radical (unpaired) electrons. The number of carbonyl (C=O) groups is 4. The van der Waals surface area contributed by atoms with E-state index in [0.717, 1.165) is 27.8 Å². The topological polar surface area (TPSA) is 109 Å². The van der Waals surface area contributed by atoms with E-state index in [4.69, 9.17) is 4.74 Å². The molecule has 1 aromatic carbocycles. The van der Waals surface area contributed by atoms with Crippen LogP contribution in [-0.4, -0.2) is 52.3 Å². The van der Waals surface area contributed by atoms with Gasteiger partial charge in [0, 0.05) is 22.7 Å². The van der Waals surface area contributed by atoms with E-state index in [1.807, 2.05) is 25.1 Å². The van der Waals surface area contributed by atoms with Crippen molar-refractivity contribution in [2.45, 2.75) is 45.6 Å². The predicted octanol–water partition coefficient (Wildman–Crippen LogP) is 2.57. The molecule has 0 bridgehead atoms. The third-order valence-corrected chi connectivity index (χ3v) is 5.59. The summed E-state index contributed by atoms with van der Waals surface area (Å²) in [6.07, 6.45) is 3.29. The van der Waals surface area contributed by atoms with Gasteiger partial charge < -0.3 is 15.0 Å². The minimum atomic E-state index is -0.978. The standard InChI is InChI=1S/C21H25N3O5/c1-4-13-8-7-9-14-15(10-22-18(13)14)16(25)12-29-17(26)11-24-19(27)21(5-2,6-3)23-20(24)28/h7-10,22H,4-6,11-12H2,1-3H3,(H,23,28). The molecule has 0 spiro atoms. The summed E-state index contributed by atoms with van der Waals surface area (Å²) in [6.45, 7) is 4.65. The number of hydrogen-bond donors (Lipinski definition) is 2. The smallest absolute Gasteiger partial charge is 0.326 e. The number of urea groups is 1. The number of hydrogen-bond acceptors (Lipinski definition) is 5. The van der Waals surface area contributed by atoms with Gasteiger partial charge in [-0.15, -0.1) is 0 Å². The highest BCUT2D eigenvalue weighted by Gasteiger charge is 2.49. The first-order chi connectivity index (χ1) is 13.9. The van der Waals surface area contributed by atoms with Gasteiger partial charge in [0.25, 0.3) is 5.91 Å². The molecule has 1 saturated heterocycles. The van der Waals surface area contributed by atoms with E-state index in [-0.39, 0.29) is 5.78 Å². The predicted molar refractivity (Wildman–Crippen MR) is 107 cm³/mol. The van der Waals surface area contributed by atoms with Crippen molar-refractivity contribution in [1.29, 1.82) is 0 Å². The third kappa shape index (κ3) is 3.62. The average molecular weight is 399 g/mol. The van der Waals surface area contributed by atoms with Gasteiger partial charge in [-0.25, -0.2) is 4.79 Å². The number of para-hydroxylation sites is 1. The number of benzene rings is 1. The van der Waals surface area contributed by atoms with Gasteiger partial charge in [0.05, 0.1) is 0 Å². The van der Waals surface area contributed by atoms with Crippen LogP contribution >= 0.6 is 0 Å². The number of Topliss-reactive ketones (excluding diaryl/α,β-unsaturated/α-hetero) is 1. The number of carbonyl (C=O) groups excluding carboxylic acids is 4. The quantitative estimate of drug-likeness (QED) is 0.403. The monoisotopic (exact) mass is 399 g/mol. The molecule has 3 rings (SSSR count). The Labute approximate surface area is 168 Å². The lowest BCUT2D eigenvalue weighted by atomic mass is 9.93. The van der Waals surface area contributed by atoms with Gasteiger partial charge in [0.2, 0.25) is 5.78 Å². The number of ether oxygens (including phenoxy) is 1. The average Bonchev–Trinajstić information content (AvgIpc) is 3.26. The first-order valence-corrected chi connectivity index (χ1v) is 9.78. The van der Waals surface area contributed by atoms with Crippen LogP contribution in [-0.2, 0) is 20.7 Å². The zero-order chi connectivity index (χ0) is 21.2. The molecule has 2 heterocycles. The van der Waals surface area contributed by atoms with Crippen LogP contribution in [0.2, 0.25) is 0 Å². The minimum absolute atomic E-state index is 0.355. The second-order valence-electron chi connectivity index (χ2n) is 7.09. The summed E-state index contributed by atoms with van der Waals surface area (Å²) >= 11 is 0. The maximum Gasteiger partial charge on any atom is 0.326 e. The fourth-order valence-corrected chi connectivity index (χ4v) is 3.69. The third-order valence-electron chi connectivity index (χ3n) is 5.59. The van der Waals surface area contributed by atoms with Crippen molar-refractivity contribution < 1.29 is 23.9 Å². The largest absolute Gasteiger partial charge is 0.456 e. The van der Waals surface area contributed by atoms with Gasteiger partial charge in [0.1, 0.15) is 12.1 Å². The Morgan fingerprint density at radius 3 is 2.48 bits per heavy atom. The van der Waals surface area contributed by atoms with Crippen molar-refractivity contribution in [3.05, 3.63) is 35.5 Å². The number of fused-ring (bicyclic) bond motifs is 1. The number of esters is 1. The number of amides is 3. The number of rotatable bonds is 8. The van der Waals surface area contributed by atoms with Crippen LogP contribution in [0.4, 0.5) is 4.79 Å². The summed E-state index contributed by atoms with van der Waals surface area (Å²) in [5.74, 6) is -1.61. The molecular weight excluding hydrogens is 374 g/mol. The second kappa shape index (κ2) is 8.06. The maximum absolute atomic E-state index is 12.5. The van der Waals surface area contributed by atoms with E-state index in [2.05, 4.69) is 10.3 Å². The van der Waals surface area contributed by atoms with Crippen molar-refractivity contribution in [2.24, 2.45) is 0 Å². The highest BCUT2D eigenvalue weighted by atomic mass is 16.5. The Hall–Kier alpha value is -3.16. The van der Waals surface area contributed by atoms with Crippen molar-refractivity contribution in [3.63, 3.8) is 0 Å².